The van der Waals surface area contributed by atoms with Gasteiger partial charge in [0.05, 0.1) is 10.2 Å². The molecule has 0 aliphatic heterocycles. The number of hydrogen-bond acceptors (Lipinski definition) is 3. The summed E-state index contributed by atoms with van der Waals surface area (Å²) in [5.74, 6) is 0.293. The molecule has 0 heterocycles. The Kier molecular flexibility index (Phi) is 6.06. The topological polar surface area (TPSA) is 50.7 Å². The second-order valence-corrected chi connectivity index (χ2v) is 7.34. The molecule has 0 atom stereocenters. The van der Waals surface area contributed by atoms with E-state index in [0.29, 0.717) is 5.75 Å². The molecule has 3 aromatic rings. The Labute approximate surface area is 168 Å². The van der Waals surface area contributed by atoms with E-state index in [1.807, 2.05) is 67.6 Å². The van der Waals surface area contributed by atoms with Crippen LogP contribution in [0.25, 0.3) is 10.8 Å². The van der Waals surface area contributed by atoms with Gasteiger partial charge in [-0.25, -0.2) is 5.43 Å². The molecule has 0 spiro atoms. The number of carbonyl (C=O) groups is 1. The van der Waals surface area contributed by atoms with Crippen LogP contribution in [-0.2, 0) is 4.79 Å². The Balaban J connectivity index is 1.64. The third-order valence-electron chi connectivity index (χ3n) is 3.78. The highest BCUT2D eigenvalue weighted by Crippen LogP contribution is 2.34. The molecule has 0 unspecified atom stereocenters. The molecule has 26 heavy (non-hydrogen) atoms. The zero-order valence-corrected chi connectivity index (χ0v) is 17.2. The van der Waals surface area contributed by atoms with Crippen molar-refractivity contribution in [3.05, 3.63) is 75.2 Å². The third kappa shape index (κ3) is 4.51. The van der Waals surface area contributed by atoms with Crippen molar-refractivity contribution in [3.63, 3.8) is 0 Å². The molecule has 0 aliphatic carbocycles. The van der Waals surface area contributed by atoms with Crippen molar-refractivity contribution in [1.29, 1.82) is 0 Å². The number of benzene rings is 3. The van der Waals surface area contributed by atoms with Gasteiger partial charge in [0.25, 0.3) is 5.91 Å². The van der Waals surface area contributed by atoms with Crippen molar-refractivity contribution in [2.45, 2.75) is 6.92 Å². The van der Waals surface area contributed by atoms with Crippen LogP contribution in [0.4, 0.5) is 0 Å². The normalized spacial score (nSPS) is 11.4. The van der Waals surface area contributed by atoms with Crippen molar-refractivity contribution in [3.8, 4) is 5.75 Å². The maximum absolute atomic E-state index is 12.0. The molecule has 1 N–H and O–H groups in total. The molecule has 6 heteroatoms. The Morgan fingerprint density at radius 2 is 1.85 bits per heavy atom. The first-order chi connectivity index (χ1) is 12.5. The van der Waals surface area contributed by atoms with Crippen molar-refractivity contribution in [2.75, 3.05) is 6.61 Å². The van der Waals surface area contributed by atoms with Crippen LogP contribution < -0.4 is 10.2 Å². The minimum absolute atomic E-state index is 0.119. The molecule has 0 radical (unpaired) electrons. The molecule has 0 saturated heterocycles. The predicted octanol–water partition coefficient (Wildman–Crippen LogP) is 5.28. The number of hydrazone groups is 1. The summed E-state index contributed by atoms with van der Waals surface area (Å²) in [6.07, 6.45) is 0. The smallest absolute Gasteiger partial charge is 0.277 e. The number of hydrogen-bond donors (Lipinski definition) is 1. The van der Waals surface area contributed by atoms with Crippen LogP contribution in [0.5, 0.6) is 5.75 Å². The van der Waals surface area contributed by atoms with Crippen LogP contribution in [0.1, 0.15) is 12.5 Å². The van der Waals surface area contributed by atoms with E-state index in [-0.39, 0.29) is 12.5 Å². The van der Waals surface area contributed by atoms with Gasteiger partial charge in [-0.2, -0.15) is 5.10 Å². The highest BCUT2D eigenvalue weighted by Gasteiger charge is 2.09. The van der Waals surface area contributed by atoms with Gasteiger partial charge in [0, 0.05) is 4.47 Å². The lowest BCUT2D eigenvalue weighted by molar-refractivity contribution is -0.123. The monoisotopic (exact) mass is 474 g/mol. The molecule has 0 aliphatic rings. The quantitative estimate of drug-likeness (QED) is 0.403. The summed E-state index contributed by atoms with van der Waals surface area (Å²) < 4.78 is 7.46. The highest BCUT2D eigenvalue weighted by molar-refractivity contribution is 9.11. The molecule has 3 aromatic carbocycles. The SMILES string of the molecule is CC(=NNC(=O)COc1ccc2cc(Br)ccc2c1Br)c1ccccc1. The Hall–Kier alpha value is -2.18. The molecule has 3 rings (SSSR count). The Bertz CT molecular complexity index is 972. The van der Waals surface area contributed by atoms with E-state index in [2.05, 4.69) is 42.4 Å². The molecular weight excluding hydrogens is 460 g/mol. The lowest BCUT2D eigenvalue weighted by atomic mass is 10.1. The summed E-state index contributed by atoms with van der Waals surface area (Å²) in [6.45, 7) is 1.72. The van der Waals surface area contributed by atoms with Gasteiger partial charge in [-0.3, -0.25) is 4.79 Å². The molecule has 4 nitrogen and oxygen atoms in total. The molecule has 0 saturated carbocycles. The fourth-order valence-corrected chi connectivity index (χ4v) is 3.41. The van der Waals surface area contributed by atoms with Gasteiger partial charge in [0.2, 0.25) is 0 Å². The zero-order valence-electron chi connectivity index (χ0n) is 14.0. The summed E-state index contributed by atoms with van der Waals surface area (Å²) in [5, 5.41) is 6.20. The average molecular weight is 476 g/mol. The van der Waals surface area contributed by atoms with Crippen molar-refractivity contribution >= 4 is 54.3 Å². The van der Waals surface area contributed by atoms with E-state index < -0.39 is 0 Å². The number of nitrogens with one attached hydrogen (secondary N) is 1. The number of rotatable bonds is 5. The average Bonchev–Trinajstić information content (AvgIpc) is 2.66. The van der Waals surface area contributed by atoms with Gasteiger partial charge in [-0.05, 0) is 57.4 Å². The van der Waals surface area contributed by atoms with E-state index >= 15 is 0 Å². The van der Waals surface area contributed by atoms with Crippen LogP contribution >= 0.6 is 31.9 Å². The minimum Gasteiger partial charge on any atom is -0.483 e. The molecule has 0 fully saturated rings. The second-order valence-electron chi connectivity index (χ2n) is 5.63. The number of fused-ring (bicyclic) bond motifs is 1. The van der Waals surface area contributed by atoms with Crippen molar-refractivity contribution < 1.29 is 9.53 Å². The third-order valence-corrected chi connectivity index (χ3v) is 5.09. The predicted molar refractivity (Wildman–Crippen MR) is 112 cm³/mol. The van der Waals surface area contributed by atoms with Crippen molar-refractivity contribution in [1.82, 2.24) is 5.43 Å². The van der Waals surface area contributed by atoms with Gasteiger partial charge in [-0.1, -0.05) is 58.4 Å². The zero-order chi connectivity index (χ0) is 18.5. The Morgan fingerprint density at radius 3 is 2.62 bits per heavy atom. The summed E-state index contributed by atoms with van der Waals surface area (Å²) in [5.41, 5.74) is 4.21. The lowest BCUT2D eigenvalue weighted by Gasteiger charge is -2.10. The maximum Gasteiger partial charge on any atom is 0.277 e. The summed E-state index contributed by atoms with van der Waals surface area (Å²) >= 11 is 7.01. The van der Waals surface area contributed by atoms with Crippen molar-refractivity contribution in [2.24, 2.45) is 5.10 Å². The van der Waals surface area contributed by atoms with Crippen LogP contribution in [0.3, 0.4) is 0 Å². The van der Waals surface area contributed by atoms with Crippen LogP contribution in [0, 0.1) is 0 Å². The number of nitrogens with zero attached hydrogens (tertiary/aromatic N) is 1. The number of carbonyl (C=O) groups excluding carboxylic acids is 1. The first-order valence-corrected chi connectivity index (χ1v) is 9.52. The summed E-state index contributed by atoms with van der Waals surface area (Å²) in [4.78, 5) is 12.0. The fraction of sp³-hybridized carbons (Fsp3) is 0.100. The maximum atomic E-state index is 12.0. The highest BCUT2D eigenvalue weighted by atomic mass is 79.9. The van der Waals surface area contributed by atoms with Gasteiger partial charge in [0.1, 0.15) is 5.75 Å². The first-order valence-electron chi connectivity index (χ1n) is 7.94. The molecular formula is C20H16Br2N2O2. The van der Waals surface area contributed by atoms with E-state index in [1.54, 1.807) is 0 Å². The molecule has 132 valence electrons. The number of amides is 1. The van der Waals surface area contributed by atoms with Gasteiger partial charge < -0.3 is 4.74 Å². The Morgan fingerprint density at radius 1 is 1.08 bits per heavy atom. The number of ether oxygens (including phenoxy) is 1. The van der Waals surface area contributed by atoms with Crippen LogP contribution in [-0.4, -0.2) is 18.2 Å². The second kappa shape index (κ2) is 8.47. The molecule has 0 bridgehead atoms. The molecule has 0 aromatic heterocycles. The van der Waals surface area contributed by atoms with Crippen LogP contribution in [0.15, 0.2) is 74.7 Å². The number of halogens is 2. The van der Waals surface area contributed by atoms with Crippen LogP contribution in [0.2, 0.25) is 0 Å². The fourth-order valence-electron chi connectivity index (χ4n) is 2.42. The minimum atomic E-state index is -0.317. The van der Waals surface area contributed by atoms with Gasteiger partial charge >= 0.3 is 0 Å². The van der Waals surface area contributed by atoms with E-state index in [9.17, 15) is 4.79 Å². The summed E-state index contributed by atoms with van der Waals surface area (Å²) in [7, 11) is 0. The standard InChI is InChI=1S/C20H16Br2N2O2/c1-13(14-5-3-2-4-6-14)23-24-19(25)12-26-18-10-7-15-11-16(21)8-9-17(15)20(18)22/h2-11H,12H2,1H3,(H,24,25). The lowest BCUT2D eigenvalue weighted by Crippen LogP contribution is -2.25. The van der Waals surface area contributed by atoms with E-state index in [1.165, 1.54) is 0 Å². The van der Waals surface area contributed by atoms with Gasteiger partial charge in [0.15, 0.2) is 6.61 Å². The first kappa shape index (κ1) is 18.6. The van der Waals surface area contributed by atoms with Gasteiger partial charge in [-0.15, -0.1) is 0 Å². The van der Waals surface area contributed by atoms with E-state index in [4.69, 9.17) is 4.74 Å². The molecule has 1 amide bonds. The summed E-state index contributed by atoms with van der Waals surface area (Å²) in [6, 6.07) is 19.4. The largest absolute Gasteiger partial charge is 0.483 e. The van der Waals surface area contributed by atoms with E-state index in [0.717, 1.165) is 31.0 Å².